The number of rotatable bonds is 8. The number of nitrogens with one attached hydrogen (secondary N) is 2. The van der Waals surface area contributed by atoms with E-state index in [1.165, 1.54) is 0 Å². The van der Waals surface area contributed by atoms with Crippen LogP contribution in [0.15, 0.2) is 17.1 Å². The highest BCUT2D eigenvalue weighted by Gasteiger charge is 2.11. The molecule has 0 radical (unpaired) electrons. The molecular weight excluding hydrogens is 363 g/mol. The zero-order chi connectivity index (χ0) is 13.9. The third-order valence-electron chi connectivity index (χ3n) is 3.49. The van der Waals surface area contributed by atoms with E-state index >= 15 is 0 Å². The molecule has 0 atom stereocenters. The summed E-state index contributed by atoms with van der Waals surface area (Å²) in [6.07, 6.45) is 7.83. The van der Waals surface area contributed by atoms with Crippen LogP contribution in [0, 0.1) is 0 Å². The minimum absolute atomic E-state index is 0. The first-order chi connectivity index (χ1) is 9.30. The van der Waals surface area contributed by atoms with Crippen molar-refractivity contribution in [3.63, 3.8) is 0 Å². The van der Waals surface area contributed by atoms with Crippen LogP contribution in [0.2, 0.25) is 0 Å². The average Bonchev–Trinajstić information content (AvgIpc) is 2.92. The molecule has 1 aliphatic rings. The molecule has 118 valence electrons. The summed E-state index contributed by atoms with van der Waals surface area (Å²) < 4.78 is 0. The number of aliphatic imine (C=N–C) groups is 1. The standard InChI is InChI=1S/C15H30N4.HI/c1-4-16-15(18-14-10-7-8-11-14)17-12-9-13-19(5-2)6-3;/h7-8,14H,4-6,9-13H2,1-3H3,(H2,16,17,18);1H. The smallest absolute Gasteiger partial charge is 0.191 e. The topological polar surface area (TPSA) is 39.7 Å². The second-order valence-electron chi connectivity index (χ2n) is 4.93. The zero-order valence-electron chi connectivity index (χ0n) is 13.2. The summed E-state index contributed by atoms with van der Waals surface area (Å²) in [7, 11) is 0. The van der Waals surface area contributed by atoms with Crippen molar-refractivity contribution in [2.45, 2.75) is 46.1 Å². The monoisotopic (exact) mass is 394 g/mol. The molecule has 0 spiro atoms. The largest absolute Gasteiger partial charge is 0.357 e. The van der Waals surface area contributed by atoms with Crippen molar-refractivity contribution in [1.29, 1.82) is 0 Å². The fourth-order valence-electron chi connectivity index (χ4n) is 2.27. The van der Waals surface area contributed by atoms with Gasteiger partial charge in [-0.25, -0.2) is 0 Å². The second kappa shape index (κ2) is 12.4. The number of halogens is 1. The molecule has 0 fully saturated rings. The Morgan fingerprint density at radius 1 is 1.20 bits per heavy atom. The van der Waals surface area contributed by atoms with Gasteiger partial charge in [-0.1, -0.05) is 26.0 Å². The van der Waals surface area contributed by atoms with Crippen molar-refractivity contribution in [2.24, 2.45) is 4.99 Å². The zero-order valence-corrected chi connectivity index (χ0v) is 15.5. The van der Waals surface area contributed by atoms with Gasteiger partial charge in [0.2, 0.25) is 0 Å². The predicted octanol–water partition coefficient (Wildman–Crippen LogP) is 2.61. The first-order valence-corrected chi connectivity index (χ1v) is 7.72. The summed E-state index contributed by atoms with van der Waals surface area (Å²) in [5, 5.41) is 6.82. The first kappa shape index (κ1) is 19.7. The number of guanidine groups is 1. The molecule has 5 heteroatoms. The molecule has 0 aromatic heterocycles. The highest BCUT2D eigenvalue weighted by atomic mass is 127. The summed E-state index contributed by atoms with van der Waals surface area (Å²) in [5.74, 6) is 0.968. The summed E-state index contributed by atoms with van der Waals surface area (Å²) >= 11 is 0. The van der Waals surface area contributed by atoms with Crippen molar-refractivity contribution in [2.75, 3.05) is 32.7 Å². The second-order valence-corrected chi connectivity index (χ2v) is 4.93. The predicted molar refractivity (Wildman–Crippen MR) is 99.1 cm³/mol. The Kier molecular flexibility index (Phi) is 12.3. The van der Waals surface area contributed by atoms with Crippen LogP contribution in [0.25, 0.3) is 0 Å². The van der Waals surface area contributed by atoms with Crippen LogP contribution >= 0.6 is 24.0 Å². The number of nitrogens with zero attached hydrogens (tertiary/aromatic N) is 2. The first-order valence-electron chi connectivity index (χ1n) is 7.72. The van der Waals surface area contributed by atoms with E-state index in [1.807, 2.05) is 0 Å². The molecule has 1 rings (SSSR count). The van der Waals surface area contributed by atoms with Crippen LogP contribution in [0.4, 0.5) is 0 Å². The van der Waals surface area contributed by atoms with Gasteiger partial charge in [-0.2, -0.15) is 0 Å². The molecular formula is C15H31IN4. The molecule has 2 N–H and O–H groups in total. The molecule has 0 unspecified atom stereocenters. The van der Waals surface area contributed by atoms with Gasteiger partial charge in [-0.3, -0.25) is 4.99 Å². The highest BCUT2D eigenvalue weighted by Crippen LogP contribution is 2.08. The Labute approximate surface area is 141 Å². The third kappa shape index (κ3) is 8.09. The fraction of sp³-hybridized carbons (Fsp3) is 0.800. The van der Waals surface area contributed by atoms with Crippen molar-refractivity contribution in [3.05, 3.63) is 12.2 Å². The molecule has 4 nitrogen and oxygen atoms in total. The maximum absolute atomic E-state index is 4.66. The van der Waals surface area contributed by atoms with Crippen molar-refractivity contribution in [3.8, 4) is 0 Å². The molecule has 20 heavy (non-hydrogen) atoms. The molecule has 1 aliphatic carbocycles. The quantitative estimate of drug-likeness (QED) is 0.219. The van der Waals surface area contributed by atoms with Crippen LogP contribution < -0.4 is 10.6 Å². The lowest BCUT2D eigenvalue weighted by molar-refractivity contribution is 0.302. The van der Waals surface area contributed by atoms with E-state index in [4.69, 9.17) is 0 Å². The summed E-state index contributed by atoms with van der Waals surface area (Å²) in [5.41, 5.74) is 0. The van der Waals surface area contributed by atoms with Gasteiger partial charge in [0.05, 0.1) is 0 Å². The van der Waals surface area contributed by atoms with E-state index in [0.29, 0.717) is 6.04 Å². The highest BCUT2D eigenvalue weighted by molar-refractivity contribution is 14.0. The normalized spacial score (nSPS) is 15.5. The van der Waals surface area contributed by atoms with Crippen LogP contribution in [0.1, 0.15) is 40.0 Å². The summed E-state index contributed by atoms with van der Waals surface area (Å²) in [6, 6.07) is 0.528. The van der Waals surface area contributed by atoms with E-state index in [0.717, 1.165) is 57.9 Å². The van der Waals surface area contributed by atoms with Gasteiger partial charge in [0.1, 0.15) is 0 Å². The maximum Gasteiger partial charge on any atom is 0.191 e. The Hall–Kier alpha value is -0.300. The molecule has 0 amide bonds. The lowest BCUT2D eigenvalue weighted by Crippen LogP contribution is -2.42. The fourth-order valence-corrected chi connectivity index (χ4v) is 2.27. The van der Waals surface area contributed by atoms with Gasteiger partial charge in [0, 0.05) is 19.1 Å². The molecule has 0 saturated carbocycles. The Balaban J connectivity index is 0.00000361. The molecule has 0 heterocycles. The van der Waals surface area contributed by atoms with Gasteiger partial charge in [-0.05, 0) is 45.8 Å². The van der Waals surface area contributed by atoms with Gasteiger partial charge >= 0.3 is 0 Å². The Morgan fingerprint density at radius 3 is 2.40 bits per heavy atom. The minimum Gasteiger partial charge on any atom is -0.357 e. The Bertz CT molecular complexity index is 280. The van der Waals surface area contributed by atoms with E-state index in [2.05, 4.69) is 53.4 Å². The van der Waals surface area contributed by atoms with Crippen LogP contribution in [-0.2, 0) is 0 Å². The molecule has 0 bridgehead atoms. The van der Waals surface area contributed by atoms with Gasteiger partial charge in [0.25, 0.3) is 0 Å². The summed E-state index contributed by atoms with van der Waals surface area (Å²) in [4.78, 5) is 7.10. The number of hydrogen-bond acceptors (Lipinski definition) is 2. The van der Waals surface area contributed by atoms with E-state index < -0.39 is 0 Å². The van der Waals surface area contributed by atoms with Crippen LogP contribution in [0.3, 0.4) is 0 Å². The van der Waals surface area contributed by atoms with Crippen LogP contribution in [0.5, 0.6) is 0 Å². The molecule has 0 aromatic rings. The van der Waals surface area contributed by atoms with Crippen molar-refractivity contribution < 1.29 is 0 Å². The van der Waals surface area contributed by atoms with Crippen LogP contribution in [-0.4, -0.2) is 49.6 Å². The van der Waals surface area contributed by atoms with Crippen molar-refractivity contribution >= 4 is 29.9 Å². The average molecular weight is 394 g/mol. The molecule has 0 saturated heterocycles. The van der Waals surface area contributed by atoms with Crippen molar-refractivity contribution in [1.82, 2.24) is 15.5 Å². The minimum atomic E-state index is 0. The van der Waals surface area contributed by atoms with E-state index in [-0.39, 0.29) is 24.0 Å². The maximum atomic E-state index is 4.66. The molecule has 0 aromatic carbocycles. The van der Waals surface area contributed by atoms with Gasteiger partial charge in [0.15, 0.2) is 5.96 Å². The Morgan fingerprint density at radius 2 is 1.85 bits per heavy atom. The molecule has 0 aliphatic heterocycles. The summed E-state index contributed by atoms with van der Waals surface area (Å²) in [6.45, 7) is 11.8. The van der Waals surface area contributed by atoms with Gasteiger partial charge < -0.3 is 15.5 Å². The lowest BCUT2D eigenvalue weighted by Gasteiger charge is -2.18. The lowest BCUT2D eigenvalue weighted by atomic mass is 10.2. The third-order valence-corrected chi connectivity index (χ3v) is 3.49. The van der Waals surface area contributed by atoms with E-state index in [9.17, 15) is 0 Å². The SMILES string of the molecule is CCNC(=NCCCN(CC)CC)NC1CC=CC1.I. The van der Waals surface area contributed by atoms with E-state index in [1.54, 1.807) is 0 Å². The van der Waals surface area contributed by atoms with Gasteiger partial charge in [-0.15, -0.1) is 24.0 Å². The number of hydrogen-bond donors (Lipinski definition) is 2.